The molecule has 5 heteroatoms. The summed E-state index contributed by atoms with van der Waals surface area (Å²) in [5, 5.41) is 10.5. The fourth-order valence-corrected chi connectivity index (χ4v) is 1.81. The van der Waals surface area contributed by atoms with Crippen molar-refractivity contribution in [1.82, 2.24) is 0 Å². The first-order valence-electron chi connectivity index (χ1n) is 6.01. The van der Waals surface area contributed by atoms with Crippen molar-refractivity contribution in [3.8, 4) is 0 Å². The number of halogens is 3. The van der Waals surface area contributed by atoms with Crippen molar-refractivity contribution in [2.75, 3.05) is 11.9 Å². The Hall–Kier alpha value is -2.30. The number of para-hydroxylation sites is 1. The van der Waals surface area contributed by atoms with Crippen molar-refractivity contribution in [1.29, 1.82) is 5.41 Å². The van der Waals surface area contributed by atoms with Gasteiger partial charge in [-0.25, -0.2) is 0 Å². The van der Waals surface area contributed by atoms with E-state index in [0.29, 0.717) is 16.8 Å². The molecule has 0 aliphatic rings. The van der Waals surface area contributed by atoms with Crippen LogP contribution in [0.25, 0.3) is 0 Å². The van der Waals surface area contributed by atoms with E-state index in [0.717, 1.165) is 0 Å². The Balaban J connectivity index is 2.26. The fraction of sp³-hybridized carbons (Fsp3) is 0.133. The molecule has 2 aromatic rings. The highest BCUT2D eigenvalue weighted by Gasteiger charge is 2.27. The monoisotopic (exact) mass is 278 g/mol. The van der Waals surface area contributed by atoms with E-state index in [4.69, 9.17) is 5.41 Å². The first kappa shape index (κ1) is 14.1. The molecular formula is C15H13F3N2. The van der Waals surface area contributed by atoms with Gasteiger partial charge in [-0.05, 0) is 6.07 Å². The molecule has 0 saturated carbocycles. The van der Waals surface area contributed by atoms with E-state index in [1.54, 1.807) is 48.5 Å². The maximum atomic E-state index is 12.3. The molecule has 0 amide bonds. The van der Waals surface area contributed by atoms with Crippen molar-refractivity contribution in [2.24, 2.45) is 0 Å². The van der Waals surface area contributed by atoms with Gasteiger partial charge in [-0.15, -0.1) is 0 Å². The van der Waals surface area contributed by atoms with Crippen molar-refractivity contribution < 1.29 is 13.2 Å². The highest BCUT2D eigenvalue weighted by molar-refractivity contribution is 6.14. The molecule has 0 radical (unpaired) electrons. The summed E-state index contributed by atoms with van der Waals surface area (Å²) < 4.78 is 36.8. The Labute approximate surface area is 114 Å². The summed E-state index contributed by atoms with van der Waals surface area (Å²) in [7, 11) is 0. The number of hydrogen-bond acceptors (Lipinski definition) is 2. The average molecular weight is 278 g/mol. The molecule has 0 atom stereocenters. The minimum atomic E-state index is -4.29. The molecule has 0 saturated heterocycles. The highest BCUT2D eigenvalue weighted by Crippen LogP contribution is 2.22. The SMILES string of the molecule is N=C(c1ccccc1)c1ccccc1NCC(F)(F)F. The molecule has 0 aromatic heterocycles. The number of alkyl halides is 3. The maximum absolute atomic E-state index is 12.3. The molecule has 0 fully saturated rings. The lowest BCUT2D eigenvalue weighted by atomic mass is 10.0. The number of hydrogen-bond donors (Lipinski definition) is 2. The minimum Gasteiger partial charge on any atom is -0.376 e. The van der Waals surface area contributed by atoms with Gasteiger partial charge in [-0.3, -0.25) is 5.41 Å². The second-order valence-corrected chi connectivity index (χ2v) is 4.26. The lowest BCUT2D eigenvalue weighted by molar-refractivity contribution is -0.115. The van der Waals surface area contributed by atoms with E-state index in [2.05, 4.69) is 5.32 Å². The van der Waals surface area contributed by atoms with Gasteiger partial charge in [-0.1, -0.05) is 48.5 Å². The number of nitrogens with one attached hydrogen (secondary N) is 2. The van der Waals surface area contributed by atoms with Crippen molar-refractivity contribution in [3.63, 3.8) is 0 Å². The van der Waals surface area contributed by atoms with Gasteiger partial charge in [0.2, 0.25) is 0 Å². The second-order valence-electron chi connectivity index (χ2n) is 4.26. The van der Waals surface area contributed by atoms with Crippen LogP contribution in [0.1, 0.15) is 11.1 Å². The van der Waals surface area contributed by atoms with E-state index in [1.165, 1.54) is 0 Å². The molecule has 2 nitrogen and oxygen atoms in total. The summed E-state index contributed by atoms with van der Waals surface area (Å²) >= 11 is 0. The van der Waals surface area contributed by atoms with Crippen LogP contribution < -0.4 is 5.32 Å². The van der Waals surface area contributed by atoms with Gasteiger partial charge in [0.05, 0.1) is 5.71 Å². The standard InChI is InChI=1S/C15H13F3N2/c16-15(17,18)10-20-13-9-5-4-8-12(13)14(19)11-6-2-1-3-7-11/h1-9,19-20H,10H2. The van der Waals surface area contributed by atoms with Crippen LogP contribution in [0.15, 0.2) is 54.6 Å². The molecule has 0 aliphatic heterocycles. The average Bonchev–Trinajstić information content (AvgIpc) is 2.45. The normalized spacial score (nSPS) is 11.2. The van der Waals surface area contributed by atoms with Gasteiger partial charge in [0.25, 0.3) is 0 Å². The van der Waals surface area contributed by atoms with Crippen LogP contribution in [-0.2, 0) is 0 Å². The lowest BCUT2D eigenvalue weighted by Crippen LogP contribution is -2.22. The van der Waals surface area contributed by atoms with Gasteiger partial charge < -0.3 is 5.32 Å². The van der Waals surface area contributed by atoms with Gasteiger partial charge in [0.15, 0.2) is 0 Å². The van der Waals surface area contributed by atoms with Crippen molar-refractivity contribution in [3.05, 3.63) is 65.7 Å². The third-order valence-electron chi connectivity index (χ3n) is 2.74. The summed E-state index contributed by atoms with van der Waals surface area (Å²) in [6.07, 6.45) is -4.29. The Morgan fingerprint density at radius 1 is 0.950 bits per heavy atom. The summed E-state index contributed by atoms with van der Waals surface area (Å²) in [6, 6.07) is 15.4. The first-order valence-corrected chi connectivity index (χ1v) is 6.01. The second kappa shape index (κ2) is 5.77. The number of rotatable bonds is 4. The largest absolute Gasteiger partial charge is 0.405 e. The van der Waals surface area contributed by atoms with Crippen molar-refractivity contribution >= 4 is 11.4 Å². The topological polar surface area (TPSA) is 35.9 Å². The molecule has 0 bridgehead atoms. The molecule has 2 rings (SSSR count). The van der Waals surface area contributed by atoms with E-state index >= 15 is 0 Å². The van der Waals surface area contributed by atoms with Crippen molar-refractivity contribution in [2.45, 2.75) is 6.18 Å². The zero-order chi connectivity index (χ0) is 14.6. The molecule has 2 aromatic carbocycles. The van der Waals surface area contributed by atoms with Crippen LogP contribution in [-0.4, -0.2) is 18.4 Å². The van der Waals surface area contributed by atoms with Crippen LogP contribution in [0.3, 0.4) is 0 Å². The minimum absolute atomic E-state index is 0.191. The van der Waals surface area contributed by atoms with Crippen LogP contribution >= 0.6 is 0 Å². The molecule has 0 heterocycles. The van der Waals surface area contributed by atoms with Crippen LogP contribution in [0.5, 0.6) is 0 Å². The van der Waals surface area contributed by atoms with Crippen LogP contribution in [0.4, 0.5) is 18.9 Å². The quantitative estimate of drug-likeness (QED) is 0.812. The van der Waals surface area contributed by atoms with E-state index < -0.39 is 12.7 Å². The summed E-state index contributed by atoms with van der Waals surface area (Å²) in [5.41, 5.74) is 1.60. The van der Waals surface area contributed by atoms with Gasteiger partial charge in [0.1, 0.15) is 6.54 Å². The third kappa shape index (κ3) is 3.60. The Morgan fingerprint density at radius 2 is 1.55 bits per heavy atom. The van der Waals surface area contributed by atoms with E-state index in [9.17, 15) is 13.2 Å². The number of anilines is 1. The van der Waals surface area contributed by atoms with Gasteiger partial charge in [-0.2, -0.15) is 13.2 Å². The fourth-order valence-electron chi connectivity index (χ4n) is 1.81. The van der Waals surface area contributed by atoms with Gasteiger partial charge >= 0.3 is 6.18 Å². The molecule has 0 aliphatic carbocycles. The smallest absolute Gasteiger partial charge is 0.376 e. The zero-order valence-corrected chi connectivity index (χ0v) is 10.5. The molecule has 2 N–H and O–H groups in total. The third-order valence-corrected chi connectivity index (χ3v) is 2.74. The summed E-state index contributed by atoms with van der Waals surface area (Å²) in [4.78, 5) is 0. The molecule has 0 spiro atoms. The predicted molar refractivity (Wildman–Crippen MR) is 73.4 cm³/mol. The molecule has 0 unspecified atom stereocenters. The van der Waals surface area contributed by atoms with E-state index in [1.807, 2.05) is 6.07 Å². The Morgan fingerprint density at radius 3 is 2.20 bits per heavy atom. The maximum Gasteiger partial charge on any atom is 0.405 e. The summed E-state index contributed by atoms with van der Waals surface area (Å²) in [5.74, 6) is 0. The Bertz CT molecular complexity index is 592. The molecule has 104 valence electrons. The van der Waals surface area contributed by atoms with Crippen LogP contribution in [0, 0.1) is 5.41 Å². The Kier molecular flexibility index (Phi) is 4.08. The summed E-state index contributed by atoms with van der Waals surface area (Å²) in [6.45, 7) is -1.12. The zero-order valence-electron chi connectivity index (χ0n) is 10.5. The molecule has 20 heavy (non-hydrogen) atoms. The van der Waals surface area contributed by atoms with Gasteiger partial charge in [0, 0.05) is 16.8 Å². The van der Waals surface area contributed by atoms with E-state index in [-0.39, 0.29) is 5.71 Å². The predicted octanol–water partition coefficient (Wildman–Crippen LogP) is 4.08. The molecular weight excluding hydrogens is 265 g/mol. The highest BCUT2D eigenvalue weighted by atomic mass is 19.4. The number of benzene rings is 2. The lowest BCUT2D eigenvalue weighted by Gasteiger charge is -2.14. The first-order chi connectivity index (χ1) is 9.47. The van der Waals surface area contributed by atoms with Crippen LogP contribution in [0.2, 0.25) is 0 Å².